The Balaban J connectivity index is 1.70. The third-order valence-electron chi connectivity index (χ3n) is 4.11. The molecule has 124 valence electrons. The fourth-order valence-electron chi connectivity index (χ4n) is 2.98. The Morgan fingerprint density at radius 2 is 2.13 bits per heavy atom. The van der Waals surface area contributed by atoms with Gasteiger partial charge in [0.15, 0.2) is 11.6 Å². The van der Waals surface area contributed by atoms with Crippen LogP contribution in [0.2, 0.25) is 0 Å². The number of aryl methyl sites for hydroxylation is 1. The minimum Gasteiger partial charge on any atom is -0.431 e. The van der Waals surface area contributed by atoms with Crippen LogP contribution in [0.5, 0.6) is 5.75 Å². The van der Waals surface area contributed by atoms with Gasteiger partial charge in [-0.25, -0.2) is 4.98 Å². The predicted octanol–water partition coefficient (Wildman–Crippen LogP) is 2.68. The molecule has 0 saturated carbocycles. The van der Waals surface area contributed by atoms with Crippen molar-refractivity contribution in [3.8, 4) is 5.75 Å². The normalized spacial score (nSPS) is 16.1. The van der Waals surface area contributed by atoms with Gasteiger partial charge in [0.05, 0.1) is 0 Å². The Bertz CT molecular complexity index is 640. The quantitative estimate of drug-likeness (QED) is 0.847. The number of hydrogen-bond donors (Lipinski definition) is 0. The third-order valence-corrected chi connectivity index (χ3v) is 4.11. The van der Waals surface area contributed by atoms with Crippen LogP contribution in [0.4, 0.5) is 14.6 Å². The molecule has 1 aliphatic heterocycles. The molecular formula is C15H19F2N5O. The van der Waals surface area contributed by atoms with Crippen molar-refractivity contribution in [3.05, 3.63) is 30.5 Å². The highest BCUT2D eigenvalue weighted by molar-refractivity contribution is 5.52. The zero-order valence-electron chi connectivity index (χ0n) is 12.9. The highest BCUT2D eigenvalue weighted by Crippen LogP contribution is 2.33. The van der Waals surface area contributed by atoms with Gasteiger partial charge in [0.25, 0.3) is 0 Å². The van der Waals surface area contributed by atoms with Crippen molar-refractivity contribution >= 4 is 5.82 Å². The maximum atomic E-state index is 12.5. The predicted molar refractivity (Wildman–Crippen MR) is 80.8 cm³/mol. The lowest BCUT2D eigenvalue weighted by atomic mass is 9.96. The second kappa shape index (κ2) is 6.89. The van der Waals surface area contributed by atoms with Crippen molar-refractivity contribution < 1.29 is 13.5 Å². The maximum Gasteiger partial charge on any atom is 0.387 e. The van der Waals surface area contributed by atoms with Crippen molar-refractivity contribution in [1.29, 1.82) is 0 Å². The topological polar surface area (TPSA) is 56.1 Å². The average Bonchev–Trinajstić information content (AvgIpc) is 3.04. The van der Waals surface area contributed by atoms with Gasteiger partial charge in [-0.2, -0.15) is 8.78 Å². The molecule has 0 aromatic carbocycles. The molecule has 3 heterocycles. The maximum absolute atomic E-state index is 12.5. The first-order valence-electron chi connectivity index (χ1n) is 7.71. The molecule has 0 radical (unpaired) electrons. The van der Waals surface area contributed by atoms with E-state index >= 15 is 0 Å². The molecular weight excluding hydrogens is 304 g/mol. The minimum atomic E-state index is -2.85. The van der Waals surface area contributed by atoms with E-state index in [1.54, 1.807) is 18.6 Å². The van der Waals surface area contributed by atoms with Crippen LogP contribution in [0.3, 0.4) is 0 Å². The molecule has 23 heavy (non-hydrogen) atoms. The number of rotatable bonds is 5. The van der Waals surface area contributed by atoms with Crippen molar-refractivity contribution in [2.24, 2.45) is 0 Å². The first-order valence-corrected chi connectivity index (χ1v) is 7.71. The lowest BCUT2D eigenvalue weighted by molar-refractivity contribution is -0.0497. The number of aromatic nitrogens is 4. The van der Waals surface area contributed by atoms with E-state index in [1.807, 2.05) is 9.47 Å². The van der Waals surface area contributed by atoms with E-state index in [0.29, 0.717) is 11.7 Å². The van der Waals surface area contributed by atoms with E-state index in [4.69, 9.17) is 0 Å². The molecule has 1 fully saturated rings. The van der Waals surface area contributed by atoms with Crippen LogP contribution in [0.1, 0.15) is 31.5 Å². The summed E-state index contributed by atoms with van der Waals surface area (Å²) in [6, 6.07) is 3.12. The molecule has 2 aromatic heterocycles. The Morgan fingerprint density at radius 3 is 2.83 bits per heavy atom. The first-order chi connectivity index (χ1) is 11.2. The number of halogens is 2. The monoisotopic (exact) mass is 323 g/mol. The van der Waals surface area contributed by atoms with E-state index in [9.17, 15) is 8.78 Å². The molecule has 0 bridgehead atoms. The fourth-order valence-corrected chi connectivity index (χ4v) is 2.98. The van der Waals surface area contributed by atoms with Crippen LogP contribution in [0.15, 0.2) is 24.7 Å². The summed E-state index contributed by atoms with van der Waals surface area (Å²) < 4.78 is 31.6. The molecule has 0 spiro atoms. The molecule has 2 aromatic rings. The van der Waals surface area contributed by atoms with Gasteiger partial charge in [-0.15, -0.1) is 10.2 Å². The van der Waals surface area contributed by atoms with Crippen LogP contribution in [0.25, 0.3) is 0 Å². The highest BCUT2D eigenvalue weighted by atomic mass is 19.3. The van der Waals surface area contributed by atoms with Gasteiger partial charge in [-0.1, -0.05) is 0 Å². The van der Waals surface area contributed by atoms with E-state index in [0.717, 1.165) is 38.3 Å². The minimum absolute atomic E-state index is 0.123. The van der Waals surface area contributed by atoms with Gasteiger partial charge in [0.1, 0.15) is 12.2 Å². The fraction of sp³-hybridized carbons (Fsp3) is 0.533. The summed E-state index contributed by atoms with van der Waals surface area (Å²) in [6.07, 6.45) is 5.09. The Kier molecular flexibility index (Phi) is 4.68. The molecule has 0 atom stereocenters. The second-order valence-electron chi connectivity index (χ2n) is 5.44. The van der Waals surface area contributed by atoms with Crippen molar-refractivity contribution in [1.82, 2.24) is 19.7 Å². The second-order valence-corrected chi connectivity index (χ2v) is 5.44. The summed E-state index contributed by atoms with van der Waals surface area (Å²) >= 11 is 0. The highest BCUT2D eigenvalue weighted by Gasteiger charge is 2.26. The number of piperidine rings is 1. The van der Waals surface area contributed by atoms with Gasteiger partial charge in [0, 0.05) is 31.7 Å². The summed E-state index contributed by atoms with van der Waals surface area (Å²) in [5.74, 6) is 1.93. The van der Waals surface area contributed by atoms with E-state index in [1.165, 1.54) is 6.07 Å². The third kappa shape index (κ3) is 3.40. The molecule has 0 N–H and O–H groups in total. The molecule has 1 saturated heterocycles. The summed E-state index contributed by atoms with van der Waals surface area (Å²) in [5.41, 5.74) is 0. The summed E-state index contributed by atoms with van der Waals surface area (Å²) in [4.78, 5) is 6.20. The Morgan fingerprint density at radius 1 is 1.35 bits per heavy atom. The zero-order chi connectivity index (χ0) is 16.2. The SMILES string of the molecule is CCn1cnnc1C1CCN(c2ncccc2OC(F)F)CC1. The largest absolute Gasteiger partial charge is 0.431 e. The van der Waals surface area contributed by atoms with E-state index in [2.05, 4.69) is 26.8 Å². The number of hydrogen-bond acceptors (Lipinski definition) is 5. The van der Waals surface area contributed by atoms with Crippen LogP contribution >= 0.6 is 0 Å². The molecule has 6 nitrogen and oxygen atoms in total. The van der Waals surface area contributed by atoms with Gasteiger partial charge in [-0.3, -0.25) is 0 Å². The lowest BCUT2D eigenvalue weighted by Gasteiger charge is -2.33. The van der Waals surface area contributed by atoms with Gasteiger partial charge in [-0.05, 0) is 31.9 Å². The average molecular weight is 323 g/mol. The van der Waals surface area contributed by atoms with Crippen molar-refractivity contribution in [2.45, 2.75) is 38.8 Å². The summed E-state index contributed by atoms with van der Waals surface area (Å²) in [6.45, 7) is 1.49. The van der Waals surface area contributed by atoms with E-state index < -0.39 is 6.61 Å². The van der Waals surface area contributed by atoms with Crippen molar-refractivity contribution in [2.75, 3.05) is 18.0 Å². The van der Waals surface area contributed by atoms with Crippen LogP contribution in [0, 0.1) is 0 Å². The standard InChI is InChI=1S/C15H19F2N5O/c1-2-21-10-19-20-13(21)11-5-8-22(9-6-11)14-12(23-15(16)17)4-3-7-18-14/h3-4,7,10-11,15H,2,5-6,8-9H2,1H3. The van der Waals surface area contributed by atoms with Gasteiger partial charge < -0.3 is 14.2 Å². The van der Waals surface area contributed by atoms with Crippen molar-refractivity contribution in [3.63, 3.8) is 0 Å². The van der Waals surface area contributed by atoms with Crippen LogP contribution in [-0.2, 0) is 6.54 Å². The number of pyridine rings is 1. The molecule has 0 unspecified atom stereocenters. The smallest absolute Gasteiger partial charge is 0.387 e. The molecule has 8 heteroatoms. The number of anilines is 1. The molecule has 0 amide bonds. The number of alkyl halides is 2. The Hall–Kier alpha value is -2.25. The van der Waals surface area contributed by atoms with Crippen LogP contribution in [-0.4, -0.2) is 39.4 Å². The zero-order valence-corrected chi connectivity index (χ0v) is 12.9. The number of ether oxygens (including phenoxy) is 1. The molecule has 3 rings (SSSR count). The van der Waals surface area contributed by atoms with Gasteiger partial charge >= 0.3 is 6.61 Å². The van der Waals surface area contributed by atoms with E-state index in [-0.39, 0.29) is 5.75 Å². The molecule has 0 aliphatic carbocycles. The summed E-state index contributed by atoms with van der Waals surface area (Å²) in [7, 11) is 0. The van der Waals surface area contributed by atoms with Gasteiger partial charge in [0.2, 0.25) is 0 Å². The first kappa shape index (κ1) is 15.6. The number of nitrogens with zero attached hydrogens (tertiary/aromatic N) is 5. The summed E-state index contributed by atoms with van der Waals surface area (Å²) in [5, 5.41) is 8.20. The van der Waals surface area contributed by atoms with Crippen LogP contribution < -0.4 is 9.64 Å². The lowest BCUT2D eigenvalue weighted by Crippen LogP contribution is -2.34. The molecule has 1 aliphatic rings. The Labute approximate surface area is 133 Å².